The van der Waals surface area contributed by atoms with E-state index in [0.717, 1.165) is 36.8 Å². The summed E-state index contributed by atoms with van der Waals surface area (Å²) in [5, 5.41) is 3.07. The Kier molecular flexibility index (Phi) is 5.79. The fraction of sp³-hybridized carbons (Fsp3) is 0.714. The van der Waals surface area contributed by atoms with Crippen LogP contribution >= 0.6 is 11.3 Å². The third-order valence-corrected chi connectivity index (χ3v) is 4.36. The Bertz CT molecular complexity index is 436. The number of piperidine rings is 1. The summed E-state index contributed by atoms with van der Waals surface area (Å²) < 4.78 is 10.4. The molecule has 1 aliphatic heterocycles. The Labute approximate surface area is 123 Å². The highest BCUT2D eigenvalue weighted by molar-refractivity contribution is 7.13. The third kappa shape index (κ3) is 4.18. The van der Waals surface area contributed by atoms with Gasteiger partial charge in [0.25, 0.3) is 0 Å². The second-order valence-corrected chi connectivity index (χ2v) is 5.71. The van der Waals surface area contributed by atoms with Crippen molar-refractivity contribution in [1.29, 1.82) is 0 Å². The molecular weight excluding hydrogens is 276 g/mol. The van der Waals surface area contributed by atoms with Crippen molar-refractivity contribution in [2.24, 2.45) is 0 Å². The molecule has 20 heavy (non-hydrogen) atoms. The zero-order valence-electron chi connectivity index (χ0n) is 12.1. The molecule has 1 aliphatic rings. The van der Waals surface area contributed by atoms with Crippen LogP contribution in [0, 0.1) is 0 Å². The minimum Gasteiger partial charge on any atom is -0.466 e. The van der Waals surface area contributed by atoms with Crippen molar-refractivity contribution in [2.45, 2.75) is 38.7 Å². The maximum atomic E-state index is 11.3. The van der Waals surface area contributed by atoms with Gasteiger partial charge >= 0.3 is 5.97 Å². The molecule has 0 N–H and O–H groups in total. The predicted octanol–water partition coefficient (Wildman–Crippen LogP) is 2.25. The van der Waals surface area contributed by atoms with Crippen molar-refractivity contribution < 1.29 is 14.3 Å². The number of rotatable bonds is 6. The first kappa shape index (κ1) is 15.3. The molecule has 0 aromatic carbocycles. The van der Waals surface area contributed by atoms with Gasteiger partial charge < -0.3 is 14.4 Å². The fourth-order valence-corrected chi connectivity index (χ4v) is 3.22. The first-order valence-electron chi connectivity index (χ1n) is 7.10. The maximum Gasteiger partial charge on any atom is 0.306 e. The van der Waals surface area contributed by atoms with E-state index in [1.54, 1.807) is 18.4 Å². The smallest absolute Gasteiger partial charge is 0.306 e. The van der Waals surface area contributed by atoms with E-state index in [4.69, 9.17) is 9.47 Å². The van der Waals surface area contributed by atoms with Crippen molar-refractivity contribution in [3.8, 4) is 0 Å². The van der Waals surface area contributed by atoms with Gasteiger partial charge in [-0.05, 0) is 19.8 Å². The molecule has 0 aliphatic carbocycles. The quantitative estimate of drug-likeness (QED) is 0.754. The van der Waals surface area contributed by atoms with E-state index < -0.39 is 0 Å². The zero-order chi connectivity index (χ0) is 14.4. The number of aromatic nitrogens is 1. The Hall–Kier alpha value is -1.14. The van der Waals surface area contributed by atoms with Gasteiger partial charge in [0, 0.05) is 32.0 Å². The molecule has 1 fully saturated rings. The number of aryl methyl sites for hydroxylation is 1. The summed E-state index contributed by atoms with van der Waals surface area (Å²) >= 11 is 1.64. The summed E-state index contributed by atoms with van der Waals surface area (Å²) in [5.74, 6) is -0.153. The average molecular weight is 298 g/mol. The molecule has 5 nitrogen and oxygen atoms in total. The van der Waals surface area contributed by atoms with Crippen LogP contribution in [0.15, 0.2) is 5.38 Å². The lowest BCUT2D eigenvalue weighted by Crippen LogP contribution is -2.39. The van der Waals surface area contributed by atoms with Gasteiger partial charge in [0.15, 0.2) is 5.13 Å². The molecule has 0 amide bonds. The summed E-state index contributed by atoms with van der Waals surface area (Å²) in [4.78, 5) is 18.2. The molecule has 1 aromatic heterocycles. The molecule has 0 saturated carbocycles. The van der Waals surface area contributed by atoms with Crippen molar-refractivity contribution in [3.05, 3.63) is 11.1 Å². The van der Waals surface area contributed by atoms with E-state index >= 15 is 0 Å². The molecule has 0 bridgehead atoms. The molecular formula is C14H22N2O3S. The molecule has 0 spiro atoms. The molecule has 2 rings (SSSR count). The van der Waals surface area contributed by atoms with E-state index in [9.17, 15) is 4.79 Å². The molecule has 1 aromatic rings. The number of carbonyl (C=O) groups excluding carboxylic acids is 1. The van der Waals surface area contributed by atoms with Crippen LogP contribution in [0.3, 0.4) is 0 Å². The van der Waals surface area contributed by atoms with Gasteiger partial charge in [-0.1, -0.05) is 0 Å². The largest absolute Gasteiger partial charge is 0.466 e. The van der Waals surface area contributed by atoms with E-state index in [-0.39, 0.29) is 5.97 Å². The van der Waals surface area contributed by atoms with E-state index in [1.807, 2.05) is 12.3 Å². The van der Waals surface area contributed by atoms with E-state index in [1.165, 1.54) is 0 Å². The van der Waals surface area contributed by atoms with Gasteiger partial charge in [0.05, 0.1) is 24.8 Å². The molecule has 2 heterocycles. The van der Waals surface area contributed by atoms with E-state index in [0.29, 0.717) is 25.6 Å². The highest BCUT2D eigenvalue weighted by Crippen LogP contribution is 2.25. The number of esters is 1. The minimum absolute atomic E-state index is 0.153. The normalized spacial score (nSPS) is 19.1. The van der Waals surface area contributed by atoms with Gasteiger partial charge in [-0.3, -0.25) is 4.79 Å². The topological polar surface area (TPSA) is 51.7 Å². The summed E-state index contributed by atoms with van der Waals surface area (Å²) in [6.45, 7) is 4.20. The first-order chi connectivity index (χ1) is 9.72. The highest BCUT2D eigenvalue weighted by atomic mass is 32.1. The van der Waals surface area contributed by atoms with Crippen LogP contribution in [0.4, 0.5) is 5.13 Å². The van der Waals surface area contributed by atoms with Crippen LogP contribution in [0.5, 0.6) is 0 Å². The molecule has 1 atom stereocenters. The molecule has 112 valence electrons. The number of methoxy groups -OCH3 is 1. The summed E-state index contributed by atoms with van der Waals surface area (Å²) in [6.07, 6.45) is 3.61. The van der Waals surface area contributed by atoms with Crippen molar-refractivity contribution >= 4 is 22.4 Å². The molecule has 6 heteroatoms. The van der Waals surface area contributed by atoms with Gasteiger partial charge in [0.2, 0.25) is 0 Å². The lowest BCUT2D eigenvalue weighted by Gasteiger charge is -2.31. The van der Waals surface area contributed by atoms with Gasteiger partial charge in [-0.2, -0.15) is 0 Å². The van der Waals surface area contributed by atoms with E-state index in [2.05, 4.69) is 9.88 Å². The second kappa shape index (κ2) is 7.59. The molecule has 0 radical (unpaired) electrons. The number of hydrogen-bond acceptors (Lipinski definition) is 6. The van der Waals surface area contributed by atoms with Crippen LogP contribution in [0.2, 0.25) is 0 Å². The third-order valence-electron chi connectivity index (χ3n) is 3.41. The number of thiazole rings is 1. The predicted molar refractivity (Wildman–Crippen MR) is 79.3 cm³/mol. The van der Waals surface area contributed by atoms with Gasteiger partial charge in [-0.15, -0.1) is 11.3 Å². The monoisotopic (exact) mass is 298 g/mol. The number of nitrogens with zero attached hydrogens (tertiary/aromatic N) is 2. The SMILES string of the molecule is CCOC(=O)CCc1csc(N2CCCC(OC)C2)n1. The lowest BCUT2D eigenvalue weighted by molar-refractivity contribution is -0.143. The Balaban J connectivity index is 1.86. The summed E-state index contributed by atoms with van der Waals surface area (Å²) in [5.41, 5.74) is 0.970. The van der Waals surface area contributed by atoms with Crippen LogP contribution < -0.4 is 4.90 Å². The maximum absolute atomic E-state index is 11.3. The lowest BCUT2D eigenvalue weighted by atomic mass is 10.1. The zero-order valence-corrected chi connectivity index (χ0v) is 12.9. The minimum atomic E-state index is -0.153. The first-order valence-corrected chi connectivity index (χ1v) is 7.98. The molecule has 1 saturated heterocycles. The summed E-state index contributed by atoms with van der Waals surface area (Å²) in [6, 6.07) is 0. The van der Waals surface area contributed by atoms with Crippen LogP contribution in [-0.4, -0.2) is 43.9 Å². The highest BCUT2D eigenvalue weighted by Gasteiger charge is 2.21. The van der Waals surface area contributed by atoms with Crippen LogP contribution in [0.1, 0.15) is 31.9 Å². The van der Waals surface area contributed by atoms with Gasteiger partial charge in [-0.25, -0.2) is 4.98 Å². The Morgan fingerprint density at radius 3 is 3.20 bits per heavy atom. The average Bonchev–Trinajstić information content (AvgIpc) is 2.94. The number of ether oxygens (including phenoxy) is 2. The Morgan fingerprint density at radius 2 is 2.45 bits per heavy atom. The number of anilines is 1. The van der Waals surface area contributed by atoms with Crippen LogP contribution in [0.25, 0.3) is 0 Å². The van der Waals surface area contributed by atoms with Crippen molar-refractivity contribution in [2.75, 3.05) is 31.7 Å². The fourth-order valence-electron chi connectivity index (χ4n) is 2.32. The van der Waals surface area contributed by atoms with Crippen molar-refractivity contribution in [3.63, 3.8) is 0 Å². The van der Waals surface area contributed by atoms with Crippen LogP contribution in [-0.2, 0) is 20.7 Å². The van der Waals surface area contributed by atoms with Crippen molar-refractivity contribution in [1.82, 2.24) is 4.98 Å². The summed E-state index contributed by atoms with van der Waals surface area (Å²) in [7, 11) is 1.76. The molecule has 1 unspecified atom stereocenters. The number of carbonyl (C=O) groups is 1. The number of hydrogen-bond donors (Lipinski definition) is 0. The Morgan fingerprint density at radius 1 is 1.60 bits per heavy atom. The standard InChI is InChI=1S/C14H22N2O3S/c1-3-19-13(17)7-6-11-10-20-14(15-11)16-8-4-5-12(9-16)18-2/h10,12H,3-9H2,1-2H3. The van der Waals surface area contributed by atoms with Gasteiger partial charge in [0.1, 0.15) is 0 Å². The second-order valence-electron chi connectivity index (χ2n) is 4.87.